The highest BCUT2D eigenvalue weighted by atomic mass is 16.1. The van der Waals surface area contributed by atoms with E-state index in [0.29, 0.717) is 23.6 Å². The lowest BCUT2D eigenvalue weighted by Gasteiger charge is -2.10. The van der Waals surface area contributed by atoms with Crippen LogP contribution in [0.3, 0.4) is 0 Å². The molecule has 0 bridgehead atoms. The first-order valence-corrected chi connectivity index (χ1v) is 7.36. The van der Waals surface area contributed by atoms with Crippen molar-refractivity contribution in [3.8, 4) is 11.1 Å². The van der Waals surface area contributed by atoms with Gasteiger partial charge in [-0.05, 0) is 41.6 Å². The van der Waals surface area contributed by atoms with Gasteiger partial charge >= 0.3 is 0 Å². The van der Waals surface area contributed by atoms with Gasteiger partial charge in [0, 0.05) is 29.0 Å². The molecular formula is C17H14N6O. The molecule has 4 aromatic rings. The summed E-state index contributed by atoms with van der Waals surface area (Å²) in [6.07, 6.45) is 5.68. The Morgan fingerprint density at radius 3 is 2.88 bits per heavy atom. The zero-order valence-corrected chi connectivity index (χ0v) is 12.9. The van der Waals surface area contributed by atoms with E-state index >= 15 is 0 Å². The van der Waals surface area contributed by atoms with Crippen molar-refractivity contribution in [3.63, 3.8) is 0 Å². The van der Waals surface area contributed by atoms with Crippen LogP contribution >= 0.6 is 0 Å². The van der Waals surface area contributed by atoms with E-state index in [-0.39, 0.29) is 0 Å². The van der Waals surface area contributed by atoms with Crippen molar-refractivity contribution < 1.29 is 4.79 Å². The number of hydrogen-bond acceptors (Lipinski definition) is 5. The summed E-state index contributed by atoms with van der Waals surface area (Å²) in [4.78, 5) is 26.4. The lowest BCUT2D eigenvalue weighted by Crippen LogP contribution is -1.98. The normalized spacial score (nSPS) is 11.0. The topological polar surface area (TPSA) is 110 Å². The highest BCUT2D eigenvalue weighted by molar-refractivity contribution is 5.98. The van der Waals surface area contributed by atoms with Crippen molar-refractivity contribution in [1.29, 1.82) is 0 Å². The van der Waals surface area contributed by atoms with Gasteiger partial charge in [-0.15, -0.1) is 0 Å². The minimum absolute atomic E-state index is 0.480. The molecule has 0 unspecified atom stereocenters. The Labute approximate surface area is 137 Å². The number of hydrogen-bond donors (Lipinski definition) is 3. The quantitative estimate of drug-likeness (QED) is 0.397. The minimum atomic E-state index is 0.480. The summed E-state index contributed by atoms with van der Waals surface area (Å²) in [6, 6.07) is 5.71. The van der Waals surface area contributed by atoms with Gasteiger partial charge in [-0.2, -0.15) is 0 Å². The minimum Gasteiger partial charge on any atom is -0.398 e. The van der Waals surface area contributed by atoms with Crippen molar-refractivity contribution in [2.75, 3.05) is 11.1 Å². The highest BCUT2D eigenvalue weighted by Crippen LogP contribution is 2.32. The first-order valence-electron chi connectivity index (χ1n) is 7.36. The number of nitrogens with zero attached hydrogens (tertiary/aromatic N) is 3. The smallest absolute Gasteiger partial charge is 0.212 e. The summed E-state index contributed by atoms with van der Waals surface area (Å²) in [6.45, 7) is 2.02. The second kappa shape index (κ2) is 5.31. The molecule has 7 heteroatoms. The average molecular weight is 318 g/mol. The van der Waals surface area contributed by atoms with Crippen molar-refractivity contribution >= 4 is 39.9 Å². The van der Waals surface area contributed by atoms with Crippen LogP contribution in [-0.2, 0) is 4.79 Å². The number of pyridine rings is 2. The number of aryl methyl sites for hydroxylation is 1. The zero-order valence-electron chi connectivity index (χ0n) is 12.9. The fourth-order valence-electron chi connectivity index (χ4n) is 2.89. The number of nitrogen functional groups attached to an aromatic ring is 1. The molecule has 3 heterocycles. The van der Waals surface area contributed by atoms with Crippen LogP contribution in [0.2, 0.25) is 0 Å². The molecule has 118 valence electrons. The summed E-state index contributed by atoms with van der Waals surface area (Å²) >= 11 is 0. The second-order valence-electron chi connectivity index (χ2n) is 5.52. The number of aromatic amines is 1. The van der Waals surface area contributed by atoms with Gasteiger partial charge in [0.1, 0.15) is 5.82 Å². The number of imidazole rings is 1. The van der Waals surface area contributed by atoms with E-state index in [4.69, 9.17) is 5.73 Å². The molecule has 4 N–H and O–H groups in total. The van der Waals surface area contributed by atoms with E-state index in [1.807, 2.05) is 19.1 Å². The summed E-state index contributed by atoms with van der Waals surface area (Å²) in [5.41, 5.74) is 11.4. The Morgan fingerprint density at radius 1 is 1.17 bits per heavy atom. The van der Waals surface area contributed by atoms with Crippen molar-refractivity contribution in [3.05, 3.63) is 42.5 Å². The van der Waals surface area contributed by atoms with Crippen molar-refractivity contribution in [1.82, 2.24) is 19.9 Å². The predicted molar refractivity (Wildman–Crippen MR) is 93.5 cm³/mol. The van der Waals surface area contributed by atoms with Gasteiger partial charge in [0.2, 0.25) is 6.41 Å². The molecule has 3 aromatic heterocycles. The Morgan fingerprint density at radius 2 is 2.04 bits per heavy atom. The first kappa shape index (κ1) is 14.1. The number of H-pyrrole nitrogens is 1. The third kappa shape index (κ3) is 2.14. The Kier molecular flexibility index (Phi) is 3.13. The maximum Gasteiger partial charge on any atom is 0.212 e. The van der Waals surface area contributed by atoms with E-state index < -0.39 is 0 Å². The molecule has 0 aliphatic rings. The van der Waals surface area contributed by atoms with E-state index in [1.165, 1.54) is 0 Å². The third-order valence-electron chi connectivity index (χ3n) is 4.10. The van der Waals surface area contributed by atoms with Gasteiger partial charge in [0.05, 0.1) is 11.8 Å². The molecule has 0 atom stereocenters. The van der Waals surface area contributed by atoms with Gasteiger partial charge in [-0.3, -0.25) is 4.79 Å². The number of benzene rings is 1. The third-order valence-corrected chi connectivity index (χ3v) is 4.10. The molecule has 24 heavy (non-hydrogen) atoms. The number of aromatic nitrogens is 4. The molecule has 0 aliphatic heterocycles. The molecule has 1 aromatic carbocycles. The second-order valence-corrected chi connectivity index (χ2v) is 5.52. The highest BCUT2D eigenvalue weighted by Gasteiger charge is 2.11. The lowest BCUT2D eigenvalue weighted by atomic mass is 9.98. The molecule has 4 rings (SSSR count). The van der Waals surface area contributed by atoms with Crippen LogP contribution in [-0.4, -0.2) is 26.3 Å². The summed E-state index contributed by atoms with van der Waals surface area (Å²) in [7, 11) is 0. The van der Waals surface area contributed by atoms with E-state index in [9.17, 15) is 4.79 Å². The summed E-state index contributed by atoms with van der Waals surface area (Å²) in [5.74, 6) is 0.480. The Hall–Kier alpha value is -3.48. The van der Waals surface area contributed by atoms with E-state index in [0.717, 1.165) is 33.0 Å². The number of amides is 1. The van der Waals surface area contributed by atoms with Gasteiger partial charge in [0.15, 0.2) is 5.65 Å². The Balaban J connectivity index is 1.94. The SMILES string of the molecule is Cc1c(-c2cc(N)c3cnc(NC=O)cc3c2)cnc2nc[nH]c12. The van der Waals surface area contributed by atoms with Gasteiger partial charge in [-0.1, -0.05) is 0 Å². The molecule has 7 nitrogen and oxygen atoms in total. The standard InChI is InChI=1S/C17H14N6O/c1-9-12(5-20-17-16(9)21-7-22-17)10-2-11-4-15(23-8-24)19-6-13(11)14(18)3-10/h2-8H,18H2,1H3,(H,19,23,24)(H,20,21,22). The molecule has 0 fully saturated rings. The molecule has 0 aliphatic carbocycles. The average Bonchev–Trinajstić information content (AvgIpc) is 3.05. The molecular weight excluding hydrogens is 304 g/mol. The van der Waals surface area contributed by atoms with Crippen LogP contribution in [0.5, 0.6) is 0 Å². The molecule has 1 amide bonds. The van der Waals surface area contributed by atoms with Gasteiger partial charge < -0.3 is 16.0 Å². The lowest BCUT2D eigenvalue weighted by molar-refractivity contribution is -0.105. The Bertz CT molecular complexity index is 1090. The predicted octanol–water partition coefficient (Wildman–Crippen LogP) is 2.63. The monoisotopic (exact) mass is 318 g/mol. The van der Waals surface area contributed by atoms with E-state index in [1.54, 1.807) is 24.8 Å². The number of carbonyl (C=O) groups excluding carboxylic acids is 1. The molecule has 0 radical (unpaired) electrons. The number of nitrogens with one attached hydrogen (secondary N) is 2. The number of rotatable bonds is 3. The van der Waals surface area contributed by atoms with Crippen LogP contribution in [0.4, 0.5) is 11.5 Å². The number of anilines is 2. The maximum absolute atomic E-state index is 10.6. The van der Waals surface area contributed by atoms with Gasteiger partial charge in [-0.25, -0.2) is 15.0 Å². The van der Waals surface area contributed by atoms with Crippen LogP contribution in [0.25, 0.3) is 33.1 Å². The molecule has 0 saturated heterocycles. The summed E-state index contributed by atoms with van der Waals surface area (Å²) < 4.78 is 0. The zero-order chi connectivity index (χ0) is 16.7. The van der Waals surface area contributed by atoms with Crippen molar-refractivity contribution in [2.24, 2.45) is 0 Å². The maximum atomic E-state index is 10.6. The number of nitrogens with two attached hydrogens (primary N) is 1. The fourth-order valence-corrected chi connectivity index (χ4v) is 2.89. The molecule has 0 saturated carbocycles. The largest absolute Gasteiger partial charge is 0.398 e. The number of carbonyl (C=O) groups is 1. The fraction of sp³-hybridized carbons (Fsp3) is 0.0588. The van der Waals surface area contributed by atoms with Gasteiger partial charge in [0.25, 0.3) is 0 Å². The van der Waals surface area contributed by atoms with E-state index in [2.05, 4.69) is 25.3 Å². The van der Waals surface area contributed by atoms with Crippen molar-refractivity contribution in [2.45, 2.75) is 6.92 Å². The van der Waals surface area contributed by atoms with Crippen LogP contribution in [0.15, 0.2) is 36.9 Å². The summed E-state index contributed by atoms with van der Waals surface area (Å²) in [5, 5.41) is 4.29. The first-order chi connectivity index (χ1) is 11.7. The molecule has 0 spiro atoms. The van der Waals surface area contributed by atoms with Crippen LogP contribution < -0.4 is 11.1 Å². The van der Waals surface area contributed by atoms with Crippen LogP contribution in [0, 0.1) is 6.92 Å². The van der Waals surface area contributed by atoms with Crippen LogP contribution in [0.1, 0.15) is 5.56 Å². The number of fused-ring (bicyclic) bond motifs is 2.